The third kappa shape index (κ3) is 6.25. The Labute approximate surface area is 196 Å². The minimum absolute atomic E-state index is 0.0491. The van der Waals surface area contributed by atoms with Crippen LogP contribution < -0.4 is 15.2 Å². The molecule has 3 aromatic rings. The van der Waals surface area contributed by atoms with Gasteiger partial charge in [-0.05, 0) is 30.0 Å². The van der Waals surface area contributed by atoms with Crippen LogP contribution >= 0.6 is 11.3 Å². The maximum Gasteiger partial charge on any atom is 0.320 e. The van der Waals surface area contributed by atoms with Crippen molar-refractivity contribution in [1.29, 1.82) is 0 Å². The first kappa shape index (κ1) is 25.0. The van der Waals surface area contributed by atoms with Crippen molar-refractivity contribution in [1.82, 2.24) is 25.3 Å². The number of fused-ring (bicyclic) bond motifs is 1. The summed E-state index contributed by atoms with van der Waals surface area (Å²) in [6.45, 7) is 8.39. The topological polar surface area (TPSA) is 162 Å². The lowest BCUT2D eigenvalue weighted by Gasteiger charge is -2.25. The van der Waals surface area contributed by atoms with Gasteiger partial charge in [0.15, 0.2) is 0 Å². The van der Waals surface area contributed by atoms with Crippen molar-refractivity contribution in [2.75, 3.05) is 6.54 Å². The standard InChI is InChI=1S/C20H28N6O5S2/c1-11(2)16(8-22-18(12(3)4)19(27)28)26-9-13(24-25-26)10-31-14-5-6-15-17(7-14)32-20(23-15)33(21,29)30/h5-7,9,11-12,16,18,22H,8,10H2,1-4H3,(H,27,28)(H2,21,29,30)/t16-,18?/m0/s1. The van der Waals surface area contributed by atoms with Crippen molar-refractivity contribution in [3.63, 3.8) is 0 Å². The average molecular weight is 497 g/mol. The molecule has 1 aromatic carbocycles. The van der Waals surface area contributed by atoms with Gasteiger partial charge in [0, 0.05) is 6.54 Å². The number of nitrogens with one attached hydrogen (secondary N) is 1. The van der Waals surface area contributed by atoms with Crippen molar-refractivity contribution >= 4 is 37.5 Å². The van der Waals surface area contributed by atoms with E-state index in [4.69, 9.17) is 9.88 Å². The fourth-order valence-corrected chi connectivity index (χ4v) is 4.97. The zero-order valence-electron chi connectivity index (χ0n) is 18.8. The summed E-state index contributed by atoms with van der Waals surface area (Å²) in [7, 11) is -3.86. The number of thiazole rings is 1. The van der Waals surface area contributed by atoms with Gasteiger partial charge < -0.3 is 15.2 Å². The number of ether oxygens (including phenoxy) is 1. The molecule has 2 atom stereocenters. The molecule has 1 unspecified atom stereocenters. The van der Waals surface area contributed by atoms with Crippen LogP contribution in [0.5, 0.6) is 5.75 Å². The Balaban J connectivity index is 1.67. The van der Waals surface area contributed by atoms with E-state index in [1.54, 1.807) is 29.1 Å². The summed E-state index contributed by atoms with van der Waals surface area (Å²) in [5, 5.41) is 26.0. The molecule has 0 aliphatic rings. The van der Waals surface area contributed by atoms with Gasteiger partial charge in [0.1, 0.15) is 24.1 Å². The maximum atomic E-state index is 11.5. The van der Waals surface area contributed by atoms with Gasteiger partial charge in [-0.3, -0.25) is 4.79 Å². The monoisotopic (exact) mass is 496 g/mol. The summed E-state index contributed by atoms with van der Waals surface area (Å²) >= 11 is 0.978. The summed E-state index contributed by atoms with van der Waals surface area (Å²) in [4.78, 5) is 15.5. The lowest BCUT2D eigenvalue weighted by atomic mass is 10.0. The van der Waals surface area contributed by atoms with Crippen LogP contribution in [0.3, 0.4) is 0 Å². The molecule has 0 amide bonds. The summed E-state index contributed by atoms with van der Waals surface area (Å²) in [5.74, 6) is -0.206. The Morgan fingerprint density at radius 2 is 2.00 bits per heavy atom. The van der Waals surface area contributed by atoms with Crippen LogP contribution in [0.25, 0.3) is 10.2 Å². The predicted molar refractivity (Wildman–Crippen MR) is 123 cm³/mol. The first-order chi connectivity index (χ1) is 15.5. The van der Waals surface area contributed by atoms with E-state index in [-0.39, 0.29) is 28.8 Å². The van der Waals surface area contributed by atoms with Gasteiger partial charge in [-0.2, -0.15) is 0 Å². The van der Waals surface area contributed by atoms with E-state index in [0.717, 1.165) is 11.3 Å². The quantitative estimate of drug-likeness (QED) is 0.360. The van der Waals surface area contributed by atoms with E-state index >= 15 is 0 Å². The van der Waals surface area contributed by atoms with Crippen molar-refractivity contribution in [3.8, 4) is 5.75 Å². The second-order valence-electron chi connectivity index (χ2n) is 8.41. The summed E-state index contributed by atoms with van der Waals surface area (Å²) in [5.41, 5.74) is 1.13. The zero-order chi connectivity index (χ0) is 24.3. The maximum absolute atomic E-state index is 11.5. The van der Waals surface area contributed by atoms with Crippen LogP contribution in [-0.4, -0.2) is 52.1 Å². The van der Waals surface area contributed by atoms with Crippen LogP contribution in [-0.2, 0) is 21.4 Å². The van der Waals surface area contributed by atoms with Gasteiger partial charge >= 0.3 is 5.97 Å². The summed E-state index contributed by atoms with van der Waals surface area (Å²) < 4.78 is 31.0. The molecule has 0 spiro atoms. The average Bonchev–Trinajstić information content (AvgIpc) is 3.35. The second-order valence-corrected chi connectivity index (χ2v) is 11.2. The fraction of sp³-hybridized carbons (Fsp3) is 0.500. The Kier molecular flexibility index (Phi) is 7.67. The Morgan fingerprint density at radius 1 is 1.27 bits per heavy atom. The van der Waals surface area contributed by atoms with Crippen molar-refractivity contribution < 1.29 is 23.1 Å². The molecule has 13 heteroatoms. The molecule has 0 fully saturated rings. The lowest BCUT2D eigenvalue weighted by molar-refractivity contribution is -0.140. The van der Waals surface area contributed by atoms with E-state index in [1.165, 1.54) is 0 Å². The van der Waals surface area contributed by atoms with Gasteiger partial charge in [-0.15, -0.1) is 16.4 Å². The third-order valence-electron chi connectivity index (χ3n) is 5.12. The molecule has 2 aromatic heterocycles. The van der Waals surface area contributed by atoms with Crippen LogP contribution in [0.4, 0.5) is 0 Å². The molecule has 3 rings (SSSR count). The smallest absolute Gasteiger partial charge is 0.320 e. The fourth-order valence-electron chi connectivity index (χ4n) is 3.28. The number of nitrogens with two attached hydrogens (primary N) is 1. The molecule has 180 valence electrons. The Hall–Kier alpha value is -2.61. The number of benzene rings is 1. The molecule has 33 heavy (non-hydrogen) atoms. The highest BCUT2D eigenvalue weighted by atomic mass is 32.2. The first-order valence-corrected chi connectivity index (χ1v) is 12.7. The van der Waals surface area contributed by atoms with Gasteiger partial charge in [-0.1, -0.05) is 32.9 Å². The normalized spacial score (nSPS) is 14.2. The van der Waals surface area contributed by atoms with Gasteiger partial charge in [0.05, 0.1) is 22.5 Å². The van der Waals surface area contributed by atoms with Crippen LogP contribution in [0.1, 0.15) is 39.4 Å². The van der Waals surface area contributed by atoms with Crippen molar-refractivity contribution in [2.24, 2.45) is 17.0 Å². The molecule has 11 nitrogen and oxygen atoms in total. The number of carbonyl (C=O) groups is 1. The number of primary sulfonamides is 1. The molecule has 4 N–H and O–H groups in total. The highest BCUT2D eigenvalue weighted by Gasteiger charge is 2.25. The molecular formula is C20H28N6O5S2. The number of hydrogen-bond acceptors (Lipinski definition) is 9. The van der Waals surface area contributed by atoms with E-state index in [0.29, 0.717) is 28.2 Å². The van der Waals surface area contributed by atoms with E-state index in [2.05, 4.69) is 20.6 Å². The van der Waals surface area contributed by atoms with E-state index < -0.39 is 22.0 Å². The van der Waals surface area contributed by atoms with E-state index in [1.807, 2.05) is 27.7 Å². The number of carboxylic acids is 1. The van der Waals surface area contributed by atoms with E-state index in [9.17, 15) is 18.3 Å². The summed E-state index contributed by atoms with van der Waals surface area (Å²) in [6.07, 6.45) is 1.78. The highest BCUT2D eigenvalue weighted by molar-refractivity contribution is 7.91. The van der Waals surface area contributed by atoms with Gasteiger partial charge in [0.2, 0.25) is 4.34 Å². The predicted octanol–water partition coefficient (Wildman–Crippen LogP) is 2.01. The Morgan fingerprint density at radius 3 is 2.61 bits per heavy atom. The van der Waals surface area contributed by atoms with Crippen molar-refractivity contribution in [2.45, 2.75) is 50.7 Å². The largest absolute Gasteiger partial charge is 0.487 e. The molecule has 0 saturated heterocycles. The molecular weight excluding hydrogens is 468 g/mol. The molecule has 2 heterocycles. The second kappa shape index (κ2) is 10.1. The third-order valence-corrected chi connectivity index (χ3v) is 7.45. The number of rotatable bonds is 11. The zero-order valence-corrected chi connectivity index (χ0v) is 20.4. The number of sulfonamides is 1. The molecule has 0 saturated carbocycles. The number of hydrogen-bond donors (Lipinski definition) is 3. The van der Waals surface area contributed by atoms with Crippen LogP contribution in [0, 0.1) is 11.8 Å². The number of carboxylic acid groups (broad SMARTS) is 1. The molecule has 0 radical (unpaired) electrons. The molecule has 0 aliphatic heterocycles. The summed E-state index contributed by atoms with van der Waals surface area (Å²) in [6, 6.07) is 4.33. The number of nitrogens with zero attached hydrogens (tertiary/aromatic N) is 4. The molecule has 0 aliphatic carbocycles. The van der Waals surface area contributed by atoms with Crippen molar-refractivity contribution in [3.05, 3.63) is 30.1 Å². The van der Waals surface area contributed by atoms with Crippen LogP contribution in [0.2, 0.25) is 0 Å². The van der Waals surface area contributed by atoms with Crippen LogP contribution in [0.15, 0.2) is 28.7 Å². The minimum Gasteiger partial charge on any atom is -0.487 e. The SMILES string of the molecule is CC(C)C(NC[C@@H](C(C)C)n1cc(COc2ccc3nc(S(N)(=O)=O)sc3c2)nn1)C(=O)O. The molecule has 0 bridgehead atoms. The highest BCUT2D eigenvalue weighted by Crippen LogP contribution is 2.28. The van der Waals surface area contributed by atoms with Gasteiger partial charge in [-0.25, -0.2) is 23.2 Å². The number of aliphatic carboxylic acids is 1. The minimum atomic E-state index is -3.86. The lowest BCUT2D eigenvalue weighted by Crippen LogP contribution is -2.44. The van der Waals surface area contributed by atoms with Gasteiger partial charge in [0.25, 0.3) is 10.0 Å². The first-order valence-electron chi connectivity index (χ1n) is 10.4. The number of aromatic nitrogens is 4. The Bertz CT molecular complexity index is 1220.